The molecule has 2 aromatic heterocycles. The fourth-order valence-electron chi connectivity index (χ4n) is 2.51. The lowest BCUT2D eigenvalue weighted by atomic mass is 10.2. The molecule has 4 nitrogen and oxygen atoms in total. The van der Waals surface area contributed by atoms with E-state index < -0.39 is 0 Å². The average Bonchev–Trinajstić information content (AvgIpc) is 3.07. The van der Waals surface area contributed by atoms with Crippen LogP contribution in [0.4, 0.5) is 0 Å². The molecule has 0 atom stereocenters. The number of nitrogens with zero attached hydrogens (tertiary/aromatic N) is 3. The standard InChI is InChI=1S/C18H12BrN3OS/c19-13-6-7-16-15(8-13)18(23)22(11-21-16)10-14-9-20-17(24-14)12-4-2-1-3-5-12/h1-9,11H,10H2. The van der Waals surface area contributed by atoms with Gasteiger partial charge in [0.15, 0.2) is 0 Å². The molecular weight excluding hydrogens is 386 g/mol. The first-order chi connectivity index (χ1) is 11.7. The summed E-state index contributed by atoms with van der Waals surface area (Å²) >= 11 is 4.99. The predicted octanol–water partition coefficient (Wildman–Crippen LogP) is 4.33. The number of hydrogen-bond donors (Lipinski definition) is 0. The van der Waals surface area contributed by atoms with Crippen molar-refractivity contribution in [2.75, 3.05) is 0 Å². The van der Waals surface area contributed by atoms with Crippen LogP contribution < -0.4 is 5.56 Å². The minimum Gasteiger partial charge on any atom is -0.293 e. The van der Waals surface area contributed by atoms with Crippen LogP contribution in [0.25, 0.3) is 21.5 Å². The third kappa shape index (κ3) is 2.90. The van der Waals surface area contributed by atoms with Crippen molar-refractivity contribution in [1.82, 2.24) is 14.5 Å². The largest absolute Gasteiger partial charge is 0.293 e. The van der Waals surface area contributed by atoms with E-state index in [1.165, 1.54) is 0 Å². The van der Waals surface area contributed by atoms with Crippen LogP contribution in [0.5, 0.6) is 0 Å². The van der Waals surface area contributed by atoms with Crippen molar-refractivity contribution < 1.29 is 0 Å². The normalized spacial score (nSPS) is 11.0. The van der Waals surface area contributed by atoms with Crippen LogP contribution in [0.1, 0.15) is 4.88 Å². The SMILES string of the molecule is O=c1c2cc(Br)ccc2ncn1Cc1cnc(-c2ccccc2)s1. The molecule has 6 heteroatoms. The van der Waals surface area contributed by atoms with E-state index in [4.69, 9.17) is 0 Å². The molecule has 2 aromatic carbocycles. The average molecular weight is 398 g/mol. The van der Waals surface area contributed by atoms with E-state index >= 15 is 0 Å². The van der Waals surface area contributed by atoms with Crippen LogP contribution >= 0.6 is 27.3 Å². The first-order valence-corrected chi connectivity index (χ1v) is 8.96. The Hall–Kier alpha value is -2.31. The molecule has 0 aliphatic rings. The monoisotopic (exact) mass is 397 g/mol. The maximum absolute atomic E-state index is 12.6. The highest BCUT2D eigenvalue weighted by Crippen LogP contribution is 2.25. The molecule has 0 fully saturated rings. The van der Waals surface area contributed by atoms with Crippen LogP contribution in [0.3, 0.4) is 0 Å². The van der Waals surface area contributed by atoms with Crippen molar-refractivity contribution in [3.05, 3.63) is 80.8 Å². The third-order valence-corrected chi connectivity index (χ3v) is 5.21. The first kappa shape index (κ1) is 15.2. The quantitative estimate of drug-likeness (QED) is 0.516. The highest BCUT2D eigenvalue weighted by atomic mass is 79.9. The Balaban J connectivity index is 1.69. The Morgan fingerprint density at radius 3 is 2.75 bits per heavy atom. The molecule has 0 N–H and O–H groups in total. The van der Waals surface area contributed by atoms with E-state index in [9.17, 15) is 4.79 Å². The highest BCUT2D eigenvalue weighted by Gasteiger charge is 2.08. The maximum Gasteiger partial charge on any atom is 0.261 e. The lowest BCUT2D eigenvalue weighted by Crippen LogP contribution is -2.20. The number of halogens is 1. The Labute approximate surface area is 150 Å². The molecule has 0 saturated carbocycles. The third-order valence-electron chi connectivity index (χ3n) is 3.69. The van der Waals surface area contributed by atoms with E-state index in [1.54, 1.807) is 22.2 Å². The predicted molar refractivity (Wildman–Crippen MR) is 100 cm³/mol. The van der Waals surface area contributed by atoms with Crippen molar-refractivity contribution in [2.24, 2.45) is 0 Å². The summed E-state index contributed by atoms with van der Waals surface area (Å²) in [5.74, 6) is 0. The van der Waals surface area contributed by atoms with E-state index in [2.05, 4.69) is 25.9 Å². The minimum absolute atomic E-state index is 0.0454. The van der Waals surface area contributed by atoms with Crippen LogP contribution in [0.15, 0.2) is 70.3 Å². The van der Waals surface area contributed by atoms with Gasteiger partial charge in [-0.2, -0.15) is 0 Å². The molecule has 0 aliphatic heterocycles. The molecule has 0 radical (unpaired) electrons. The second-order valence-corrected chi connectivity index (χ2v) is 7.37. The zero-order valence-electron chi connectivity index (χ0n) is 12.5. The topological polar surface area (TPSA) is 47.8 Å². The number of benzene rings is 2. The van der Waals surface area contributed by atoms with Gasteiger partial charge in [0.2, 0.25) is 0 Å². The molecule has 0 aliphatic carbocycles. The summed E-state index contributed by atoms with van der Waals surface area (Å²) in [6.45, 7) is 0.471. The van der Waals surface area contributed by atoms with Crippen molar-refractivity contribution in [2.45, 2.75) is 6.54 Å². The lowest BCUT2D eigenvalue weighted by molar-refractivity contribution is 0.757. The summed E-state index contributed by atoms with van der Waals surface area (Å²) in [5, 5.41) is 1.56. The minimum atomic E-state index is -0.0454. The lowest BCUT2D eigenvalue weighted by Gasteiger charge is -2.05. The van der Waals surface area contributed by atoms with E-state index in [0.29, 0.717) is 17.4 Å². The molecule has 2 heterocycles. The zero-order valence-corrected chi connectivity index (χ0v) is 14.9. The zero-order chi connectivity index (χ0) is 16.5. The van der Waals surface area contributed by atoms with Crippen LogP contribution in [-0.4, -0.2) is 14.5 Å². The Morgan fingerprint density at radius 1 is 1.08 bits per heavy atom. The van der Waals surface area contributed by atoms with Gasteiger partial charge in [-0.3, -0.25) is 9.36 Å². The molecule has 0 saturated heterocycles. The van der Waals surface area contributed by atoms with E-state index in [1.807, 2.05) is 54.7 Å². The number of fused-ring (bicyclic) bond motifs is 1. The Bertz CT molecular complexity index is 1070. The second-order valence-electron chi connectivity index (χ2n) is 5.34. The summed E-state index contributed by atoms with van der Waals surface area (Å²) in [7, 11) is 0. The van der Waals surface area contributed by atoms with Crippen LogP contribution in [0.2, 0.25) is 0 Å². The van der Waals surface area contributed by atoms with Gasteiger partial charge in [-0.1, -0.05) is 46.3 Å². The Morgan fingerprint density at radius 2 is 1.92 bits per heavy atom. The van der Waals surface area contributed by atoms with Gasteiger partial charge in [-0.15, -0.1) is 11.3 Å². The van der Waals surface area contributed by atoms with Gasteiger partial charge in [0.1, 0.15) is 5.01 Å². The van der Waals surface area contributed by atoms with Gasteiger partial charge in [0, 0.05) is 21.1 Å². The smallest absolute Gasteiger partial charge is 0.261 e. The number of aromatic nitrogens is 3. The van der Waals surface area contributed by atoms with Gasteiger partial charge in [0.25, 0.3) is 5.56 Å². The fourth-order valence-corrected chi connectivity index (χ4v) is 3.78. The Kier molecular flexibility index (Phi) is 4.00. The molecule has 118 valence electrons. The number of rotatable bonds is 3. The molecular formula is C18H12BrN3OS. The van der Waals surface area contributed by atoms with Crippen LogP contribution in [0, 0.1) is 0 Å². The summed E-state index contributed by atoms with van der Waals surface area (Å²) in [5.41, 5.74) is 1.74. The summed E-state index contributed by atoms with van der Waals surface area (Å²) in [6, 6.07) is 15.6. The van der Waals surface area contributed by atoms with Gasteiger partial charge in [-0.05, 0) is 18.2 Å². The van der Waals surface area contributed by atoms with E-state index in [-0.39, 0.29) is 5.56 Å². The molecule has 0 unspecified atom stereocenters. The van der Waals surface area contributed by atoms with Crippen molar-refractivity contribution in [3.8, 4) is 10.6 Å². The highest BCUT2D eigenvalue weighted by molar-refractivity contribution is 9.10. The van der Waals surface area contributed by atoms with Crippen molar-refractivity contribution in [1.29, 1.82) is 0 Å². The number of hydrogen-bond acceptors (Lipinski definition) is 4. The van der Waals surface area contributed by atoms with Crippen molar-refractivity contribution >= 4 is 38.2 Å². The van der Waals surface area contributed by atoms with Gasteiger partial charge in [-0.25, -0.2) is 9.97 Å². The fraction of sp³-hybridized carbons (Fsp3) is 0.0556. The molecule has 0 spiro atoms. The van der Waals surface area contributed by atoms with Gasteiger partial charge >= 0.3 is 0 Å². The number of thiazole rings is 1. The van der Waals surface area contributed by atoms with Crippen LogP contribution in [-0.2, 0) is 6.54 Å². The summed E-state index contributed by atoms with van der Waals surface area (Å²) in [4.78, 5) is 22.5. The second kappa shape index (κ2) is 6.30. The van der Waals surface area contributed by atoms with Crippen molar-refractivity contribution in [3.63, 3.8) is 0 Å². The summed E-state index contributed by atoms with van der Waals surface area (Å²) < 4.78 is 2.49. The van der Waals surface area contributed by atoms with Gasteiger partial charge in [0.05, 0.1) is 23.8 Å². The molecule has 0 bridgehead atoms. The summed E-state index contributed by atoms with van der Waals surface area (Å²) in [6.07, 6.45) is 3.42. The van der Waals surface area contributed by atoms with E-state index in [0.717, 1.165) is 19.9 Å². The van der Waals surface area contributed by atoms with Gasteiger partial charge < -0.3 is 0 Å². The maximum atomic E-state index is 12.6. The molecule has 4 aromatic rings. The molecule has 24 heavy (non-hydrogen) atoms. The molecule has 4 rings (SSSR count). The molecule has 0 amide bonds. The first-order valence-electron chi connectivity index (χ1n) is 7.35.